The summed E-state index contributed by atoms with van der Waals surface area (Å²) < 4.78 is 1.82. The summed E-state index contributed by atoms with van der Waals surface area (Å²) in [4.78, 5) is 60.2. The number of carboxylic acids is 2. The van der Waals surface area contributed by atoms with Gasteiger partial charge in [0.1, 0.15) is 11.4 Å². The van der Waals surface area contributed by atoms with Crippen molar-refractivity contribution >= 4 is 57.6 Å². The molecule has 2 aromatic heterocycles. The van der Waals surface area contributed by atoms with E-state index in [0.29, 0.717) is 17.9 Å². The molecule has 0 spiro atoms. The summed E-state index contributed by atoms with van der Waals surface area (Å²) in [6.07, 6.45) is 3.33. The van der Waals surface area contributed by atoms with Gasteiger partial charge in [-0.1, -0.05) is 11.2 Å². The number of nitrogens with two attached hydrogens (primary N) is 1. The Balaban J connectivity index is 1.55. The number of aromatic nitrogens is 2. The largest absolute Gasteiger partial charge is 0.478 e. The number of fused-ring (bicyclic) bond motifs is 1. The van der Waals surface area contributed by atoms with Gasteiger partial charge in [-0.2, -0.15) is 0 Å². The van der Waals surface area contributed by atoms with Gasteiger partial charge in [0.25, 0.3) is 0 Å². The molecule has 0 aliphatic carbocycles. The van der Waals surface area contributed by atoms with E-state index >= 15 is 0 Å². The van der Waals surface area contributed by atoms with Crippen LogP contribution in [0.15, 0.2) is 52.4 Å². The lowest BCUT2D eigenvalue weighted by molar-refractivity contribution is -0.689. The van der Waals surface area contributed by atoms with Gasteiger partial charge in [0.2, 0.25) is 11.5 Å². The smallest absolute Gasteiger partial charge is 0.352 e. The average molecular weight is 547 g/mol. The van der Waals surface area contributed by atoms with E-state index in [1.165, 1.54) is 35.9 Å². The molecule has 2 aromatic rings. The Hall–Kier alpha value is -3.78. The Morgan fingerprint density at radius 3 is 2.57 bits per heavy atom. The number of ketones is 1. The molecular weight excluding hydrogens is 522 g/mol. The molecule has 0 bridgehead atoms. The predicted molar refractivity (Wildman–Crippen MR) is 133 cm³/mol. The molecule has 4 N–H and O–H groups in total. The van der Waals surface area contributed by atoms with Gasteiger partial charge in [-0.05, 0) is 13.8 Å². The molecule has 14 heteroatoms. The second-order valence-corrected chi connectivity index (χ2v) is 10.9. The molecule has 4 heterocycles. The number of hydrogen-bond acceptors (Lipinski definition) is 10. The molecular formula is C23H24N5O7S2+. The lowest BCUT2D eigenvalue weighted by atomic mass is 9.89. The van der Waals surface area contributed by atoms with Gasteiger partial charge in [0.05, 0.1) is 11.3 Å². The topological polar surface area (TPSA) is 176 Å². The third-order valence-electron chi connectivity index (χ3n) is 5.82. The number of amides is 1. The zero-order chi connectivity index (χ0) is 26.9. The SMILES string of the molecule is CC(C)(O/N=C(\C(=O)CC1C(=O)N2C(C(=O)O)=C(C[n+]3ccccc3)CSC12)c1csc(N)n1)C(=O)O. The molecule has 2 atom stereocenters. The summed E-state index contributed by atoms with van der Waals surface area (Å²) in [7, 11) is 0. The number of carbonyl (C=O) groups excluding carboxylic acids is 2. The molecule has 2 aliphatic heterocycles. The highest BCUT2D eigenvalue weighted by molar-refractivity contribution is 8.00. The van der Waals surface area contributed by atoms with Crippen LogP contribution in [0.25, 0.3) is 0 Å². The highest BCUT2D eigenvalue weighted by Crippen LogP contribution is 2.45. The Labute approximate surface area is 219 Å². The Kier molecular flexibility index (Phi) is 7.32. The highest BCUT2D eigenvalue weighted by Gasteiger charge is 2.54. The van der Waals surface area contributed by atoms with Crippen molar-refractivity contribution in [2.75, 3.05) is 11.5 Å². The number of nitrogens with zero attached hydrogens (tertiary/aromatic N) is 4. The van der Waals surface area contributed by atoms with Crippen molar-refractivity contribution in [2.24, 2.45) is 11.1 Å². The zero-order valence-corrected chi connectivity index (χ0v) is 21.5. The monoisotopic (exact) mass is 546 g/mol. The third-order valence-corrected chi connectivity index (χ3v) is 7.89. The number of anilines is 1. The minimum absolute atomic E-state index is 0.0680. The summed E-state index contributed by atoms with van der Waals surface area (Å²) in [5.41, 5.74) is 4.33. The van der Waals surface area contributed by atoms with Crippen molar-refractivity contribution in [1.82, 2.24) is 9.88 Å². The maximum Gasteiger partial charge on any atom is 0.352 e. The highest BCUT2D eigenvalue weighted by atomic mass is 32.2. The van der Waals surface area contributed by atoms with Crippen LogP contribution in [0.4, 0.5) is 5.13 Å². The maximum atomic E-state index is 13.2. The molecule has 194 valence electrons. The van der Waals surface area contributed by atoms with E-state index in [-0.39, 0.29) is 28.7 Å². The first-order chi connectivity index (χ1) is 17.5. The number of carboxylic acid groups (broad SMARTS) is 2. The van der Waals surface area contributed by atoms with E-state index in [9.17, 15) is 29.4 Å². The normalized spacial score (nSPS) is 19.8. The summed E-state index contributed by atoms with van der Waals surface area (Å²) in [5, 5.41) is 24.1. The fourth-order valence-corrected chi connectivity index (χ4v) is 5.78. The number of hydrogen-bond donors (Lipinski definition) is 3. The van der Waals surface area contributed by atoms with Crippen LogP contribution in [0, 0.1) is 5.92 Å². The standard InChI is InChI=1S/C23H23N5O7S2/c1-23(2,21(33)34)35-26-16(14-11-37-22(24)25-14)15(29)8-13-18(30)28-17(20(31)32)12(10-36-19(13)28)9-27-6-4-3-5-7-27/h3-7,11,13,19H,8-10H2,1-2H3,(H3-,24,25,31,32,33,34)/p+1/b26-16-. The minimum atomic E-state index is -1.72. The zero-order valence-electron chi connectivity index (χ0n) is 19.9. The molecule has 12 nitrogen and oxygen atoms in total. The van der Waals surface area contributed by atoms with E-state index in [0.717, 1.165) is 11.3 Å². The molecule has 1 fully saturated rings. The van der Waals surface area contributed by atoms with Gasteiger partial charge in [-0.25, -0.2) is 19.1 Å². The molecule has 2 unspecified atom stereocenters. The Morgan fingerprint density at radius 2 is 1.97 bits per heavy atom. The second-order valence-electron chi connectivity index (χ2n) is 8.87. The number of rotatable bonds is 10. The maximum absolute atomic E-state index is 13.2. The third kappa shape index (κ3) is 5.34. The summed E-state index contributed by atoms with van der Waals surface area (Å²) in [6.45, 7) is 2.86. The van der Waals surface area contributed by atoms with E-state index in [1.54, 1.807) is 0 Å². The van der Waals surface area contributed by atoms with Crippen molar-refractivity contribution in [3.05, 3.63) is 52.9 Å². The van der Waals surface area contributed by atoms with E-state index in [4.69, 9.17) is 10.6 Å². The summed E-state index contributed by atoms with van der Waals surface area (Å²) in [6, 6.07) is 5.50. The van der Waals surface area contributed by atoms with Crippen LogP contribution in [0.3, 0.4) is 0 Å². The molecule has 0 aromatic carbocycles. The van der Waals surface area contributed by atoms with Gasteiger partial charge in [-0.15, -0.1) is 23.1 Å². The number of oxime groups is 1. The first kappa shape index (κ1) is 26.3. The predicted octanol–water partition coefficient (Wildman–Crippen LogP) is 1.13. The molecule has 1 amide bonds. The number of thiazole rings is 1. The second kappa shape index (κ2) is 10.3. The van der Waals surface area contributed by atoms with Gasteiger partial charge < -0.3 is 20.8 Å². The Morgan fingerprint density at radius 1 is 1.27 bits per heavy atom. The van der Waals surface area contributed by atoms with E-state index < -0.39 is 40.5 Å². The van der Waals surface area contributed by atoms with Gasteiger partial charge in [0.15, 0.2) is 35.6 Å². The molecule has 1 saturated heterocycles. The van der Waals surface area contributed by atoms with Crippen molar-refractivity contribution in [2.45, 2.75) is 37.8 Å². The average Bonchev–Trinajstić information content (AvgIpc) is 3.28. The fraction of sp³-hybridized carbons (Fsp3) is 0.348. The van der Waals surface area contributed by atoms with Gasteiger partial charge in [-0.3, -0.25) is 14.5 Å². The number of thioether (sulfide) groups is 1. The van der Waals surface area contributed by atoms with Gasteiger partial charge >= 0.3 is 11.9 Å². The molecule has 4 rings (SSSR count). The van der Waals surface area contributed by atoms with Gasteiger partial charge in [0, 0.05) is 35.3 Å². The number of Topliss-reactive ketones (excluding diaryl/α,β-unsaturated/α-hetero) is 1. The summed E-state index contributed by atoms with van der Waals surface area (Å²) >= 11 is 2.45. The fourth-order valence-electron chi connectivity index (χ4n) is 3.83. The van der Waals surface area contributed by atoms with Crippen LogP contribution in [0.5, 0.6) is 0 Å². The van der Waals surface area contributed by atoms with Crippen LogP contribution in [0.1, 0.15) is 26.0 Å². The number of β-lactam (4-membered cyclic amide) rings is 1. The van der Waals surface area contributed by atoms with Crippen LogP contribution >= 0.6 is 23.1 Å². The number of carbonyl (C=O) groups is 4. The van der Waals surface area contributed by atoms with Crippen molar-refractivity contribution in [3.8, 4) is 0 Å². The van der Waals surface area contributed by atoms with Crippen LogP contribution < -0.4 is 10.3 Å². The number of nitrogen functional groups attached to an aromatic ring is 1. The molecule has 0 radical (unpaired) electrons. The number of aliphatic carboxylic acids is 2. The molecule has 2 aliphatic rings. The minimum Gasteiger partial charge on any atom is -0.478 e. The van der Waals surface area contributed by atoms with Crippen molar-refractivity contribution in [3.63, 3.8) is 0 Å². The number of pyridine rings is 1. The quantitative estimate of drug-likeness (QED) is 0.169. The van der Waals surface area contributed by atoms with Crippen LogP contribution in [-0.4, -0.2) is 66.2 Å². The first-order valence-corrected chi connectivity index (χ1v) is 13.0. The van der Waals surface area contributed by atoms with Crippen molar-refractivity contribution < 1.29 is 38.8 Å². The van der Waals surface area contributed by atoms with Crippen LogP contribution in [0.2, 0.25) is 0 Å². The van der Waals surface area contributed by atoms with Crippen LogP contribution in [-0.2, 0) is 30.6 Å². The van der Waals surface area contributed by atoms with E-state index in [2.05, 4.69) is 10.1 Å². The lowest BCUT2D eigenvalue weighted by Gasteiger charge is -2.49. The van der Waals surface area contributed by atoms with E-state index in [1.807, 2.05) is 35.2 Å². The molecule has 37 heavy (non-hydrogen) atoms. The Bertz CT molecular complexity index is 1320. The summed E-state index contributed by atoms with van der Waals surface area (Å²) in [5.74, 6) is -3.99. The lowest BCUT2D eigenvalue weighted by Crippen LogP contribution is -2.62. The van der Waals surface area contributed by atoms with Crippen molar-refractivity contribution in [1.29, 1.82) is 0 Å². The molecule has 0 saturated carbocycles. The first-order valence-electron chi connectivity index (χ1n) is 11.1.